The fourth-order valence-corrected chi connectivity index (χ4v) is 2.04. The summed E-state index contributed by atoms with van der Waals surface area (Å²) in [6, 6.07) is 1.25. The van der Waals surface area contributed by atoms with E-state index in [4.69, 9.17) is 11.6 Å². The van der Waals surface area contributed by atoms with Crippen LogP contribution in [0.3, 0.4) is 0 Å². The Morgan fingerprint density at radius 1 is 1.67 bits per heavy atom. The van der Waals surface area contributed by atoms with Gasteiger partial charge in [0.05, 0.1) is 16.0 Å². The van der Waals surface area contributed by atoms with Crippen LogP contribution >= 0.6 is 11.6 Å². The molecule has 0 bridgehead atoms. The number of anilines is 1. The smallest absolute Gasteiger partial charge is 0.289 e. The van der Waals surface area contributed by atoms with Gasteiger partial charge < -0.3 is 15.7 Å². The molecule has 0 radical (unpaired) electrons. The number of aromatic nitrogens is 1. The van der Waals surface area contributed by atoms with E-state index in [1.54, 1.807) is 0 Å². The Balaban J connectivity index is 1.99. The van der Waals surface area contributed by atoms with E-state index in [1.165, 1.54) is 6.07 Å². The number of aliphatic hydroxyl groups excluding tert-OH is 1. The molecule has 0 spiro atoms. The van der Waals surface area contributed by atoms with Gasteiger partial charge in [-0.15, -0.1) is 0 Å². The number of nitrogens with zero attached hydrogens (tertiary/aromatic N) is 2. The number of nitrogens with one attached hydrogen (secondary N) is 2. The number of aliphatic hydroxyl groups is 1. The zero-order chi connectivity index (χ0) is 13.1. The maximum absolute atomic E-state index is 10.5. The molecule has 2 atom stereocenters. The number of hydrogen-bond donors (Lipinski definition) is 3. The fraction of sp³-hybridized carbons (Fsp3) is 0.500. The van der Waals surface area contributed by atoms with Gasteiger partial charge in [-0.1, -0.05) is 11.6 Å². The molecule has 1 aliphatic heterocycles. The van der Waals surface area contributed by atoms with Crippen molar-refractivity contribution in [3.8, 4) is 0 Å². The number of pyridine rings is 1. The summed E-state index contributed by atoms with van der Waals surface area (Å²) in [6.07, 6.45) is 0.756. The summed E-state index contributed by atoms with van der Waals surface area (Å²) in [6.45, 7) is 1.81. The lowest BCUT2D eigenvalue weighted by atomic mass is 10.1. The van der Waals surface area contributed by atoms with E-state index in [1.807, 2.05) is 0 Å². The first-order valence-corrected chi connectivity index (χ1v) is 5.88. The van der Waals surface area contributed by atoms with Crippen molar-refractivity contribution in [2.45, 2.75) is 6.10 Å². The van der Waals surface area contributed by atoms with Crippen LogP contribution in [0.1, 0.15) is 0 Å². The molecular formula is C10H13ClN4O3. The van der Waals surface area contributed by atoms with Gasteiger partial charge in [-0.3, -0.25) is 10.1 Å². The van der Waals surface area contributed by atoms with Gasteiger partial charge in [0, 0.05) is 31.6 Å². The second-order valence-electron chi connectivity index (χ2n) is 4.15. The Morgan fingerprint density at radius 2 is 2.44 bits per heavy atom. The van der Waals surface area contributed by atoms with Gasteiger partial charge in [0.15, 0.2) is 0 Å². The molecule has 3 N–H and O–H groups in total. The van der Waals surface area contributed by atoms with E-state index >= 15 is 0 Å². The third-order valence-electron chi connectivity index (χ3n) is 2.87. The van der Waals surface area contributed by atoms with Gasteiger partial charge in [0.2, 0.25) is 0 Å². The first-order chi connectivity index (χ1) is 8.58. The molecule has 1 fully saturated rings. The molecule has 0 saturated carbocycles. The Morgan fingerprint density at radius 3 is 3.00 bits per heavy atom. The summed E-state index contributed by atoms with van der Waals surface area (Å²) in [7, 11) is 0. The standard InChI is InChI=1S/C10H13ClN4O3/c11-8-1-7(15(17)18)4-14-10(8)13-3-6-2-12-5-9(6)16/h1,4,6,9,12,16H,2-3,5H2,(H,13,14). The van der Waals surface area contributed by atoms with Gasteiger partial charge in [-0.05, 0) is 0 Å². The lowest BCUT2D eigenvalue weighted by Crippen LogP contribution is -2.25. The number of hydrogen-bond acceptors (Lipinski definition) is 6. The first kappa shape index (κ1) is 13.0. The second kappa shape index (κ2) is 5.47. The molecule has 0 aromatic carbocycles. The molecule has 0 aliphatic carbocycles. The molecule has 2 unspecified atom stereocenters. The summed E-state index contributed by atoms with van der Waals surface area (Å²) in [4.78, 5) is 13.9. The third-order valence-corrected chi connectivity index (χ3v) is 3.16. The predicted octanol–water partition coefficient (Wildman–Crippen LogP) is 0.635. The molecule has 2 rings (SSSR count). The molecule has 98 valence electrons. The minimum atomic E-state index is -0.548. The molecule has 8 heteroatoms. The van der Waals surface area contributed by atoms with E-state index in [0.717, 1.165) is 12.7 Å². The lowest BCUT2D eigenvalue weighted by Gasteiger charge is -2.14. The molecular weight excluding hydrogens is 260 g/mol. The van der Waals surface area contributed by atoms with E-state index in [2.05, 4.69) is 15.6 Å². The largest absolute Gasteiger partial charge is 0.391 e. The van der Waals surface area contributed by atoms with Gasteiger partial charge in [0.25, 0.3) is 5.69 Å². The monoisotopic (exact) mass is 272 g/mol. The molecule has 1 aromatic heterocycles. The molecule has 2 heterocycles. The van der Waals surface area contributed by atoms with Crippen LogP contribution in [0.2, 0.25) is 5.02 Å². The van der Waals surface area contributed by atoms with Crippen molar-refractivity contribution >= 4 is 23.1 Å². The lowest BCUT2D eigenvalue weighted by molar-refractivity contribution is -0.385. The number of β-amino-alcohol motifs (C(OH)–C–C–N with tert-alkyl or cyclic N) is 1. The van der Waals surface area contributed by atoms with Crippen molar-refractivity contribution in [1.82, 2.24) is 10.3 Å². The maximum atomic E-state index is 10.5. The fourth-order valence-electron chi connectivity index (χ4n) is 1.81. The van der Waals surface area contributed by atoms with Crippen LogP contribution in [0.25, 0.3) is 0 Å². The maximum Gasteiger partial charge on any atom is 0.289 e. The van der Waals surface area contributed by atoms with Gasteiger partial charge in [-0.25, -0.2) is 4.98 Å². The zero-order valence-electron chi connectivity index (χ0n) is 9.47. The van der Waals surface area contributed by atoms with E-state index in [0.29, 0.717) is 18.9 Å². The van der Waals surface area contributed by atoms with Crippen molar-refractivity contribution in [3.63, 3.8) is 0 Å². The van der Waals surface area contributed by atoms with Crippen molar-refractivity contribution in [2.75, 3.05) is 25.0 Å². The highest BCUT2D eigenvalue weighted by Crippen LogP contribution is 2.24. The predicted molar refractivity (Wildman–Crippen MR) is 66.8 cm³/mol. The summed E-state index contributed by atoms with van der Waals surface area (Å²) >= 11 is 5.89. The van der Waals surface area contributed by atoms with Gasteiger partial charge in [-0.2, -0.15) is 0 Å². The van der Waals surface area contributed by atoms with Crippen LogP contribution in [0.4, 0.5) is 11.5 Å². The van der Waals surface area contributed by atoms with E-state index in [-0.39, 0.29) is 16.6 Å². The first-order valence-electron chi connectivity index (χ1n) is 5.50. The average molecular weight is 273 g/mol. The highest BCUT2D eigenvalue weighted by Gasteiger charge is 2.24. The van der Waals surface area contributed by atoms with Crippen molar-refractivity contribution in [3.05, 3.63) is 27.4 Å². The van der Waals surface area contributed by atoms with Crippen LogP contribution in [-0.2, 0) is 0 Å². The molecule has 1 aliphatic rings. The highest BCUT2D eigenvalue weighted by atomic mass is 35.5. The summed E-state index contributed by atoms with van der Waals surface area (Å²) in [5.41, 5.74) is -0.145. The minimum absolute atomic E-state index is 0.0815. The van der Waals surface area contributed by atoms with Crippen molar-refractivity contribution < 1.29 is 10.0 Å². The number of nitro groups is 1. The third kappa shape index (κ3) is 2.87. The Bertz CT molecular complexity index is 457. The molecule has 1 aromatic rings. The van der Waals surface area contributed by atoms with Crippen molar-refractivity contribution in [1.29, 1.82) is 0 Å². The molecule has 18 heavy (non-hydrogen) atoms. The minimum Gasteiger partial charge on any atom is -0.391 e. The molecule has 0 amide bonds. The number of halogens is 1. The Labute approximate surface area is 108 Å². The SMILES string of the molecule is O=[N+]([O-])c1cnc(NCC2CNCC2O)c(Cl)c1. The normalized spacial score (nSPS) is 23.0. The molecule has 7 nitrogen and oxygen atoms in total. The number of rotatable bonds is 4. The van der Waals surface area contributed by atoms with Crippen LogP contribution < -0.4 is 10.6 Å². The second-order valence-corrected chi connectivity index (χ2v) is 4.55. The Kier molecular flexibility index (Phi) is 3.95. The summed E-state index contributed by atoms with van der Waals surface area (Å²) < 4.78 is 0. The topological polar surface area (TPSA) is 100 Å². The average Bonchev–Trinajstić information content (AvgIpc) is 2.73. The quantitative estimate of drug-likeness (QED) is 0.549. The highest BCUT2D eigenvalue weighted by molar-refractivity contribution is 6.33. The zero-order valence-corrected chi connectivity index (χ0v) is 10.2. The van der Waals surface area contributed by atoms with E-state index in [9.17, 15) is 15.2 Å². The van der Waals surface area contributed by atoms with Gasteiger partial charge >= 0.3 is 0 Å². The van der Waals surface area contributed by atoms with Crippen molar-refractivity contribution in [2.24, 2.45) is 5.92 Å². The summed E-state index contributed by atoms with van der Waals surface area (Å²) in [5, 5.41) is 26.4. The molecule has 1 saturated heterocycles. The van der Waals surface area contributed by atoms with Crippen LogP contribution in [-0.4, -0.2) is 40.8 Å². The van der Waals surface area contributed by atoms with Crippen LogP contribution in [0.15, 0.2) is 12.3 Å². The van der Waals surface area contributed by atoms with Crippen LogP contribution in [0.5, 0.6) is 0 Å². The summed E-state index contributed by atoms with van der Waals surface area (Å²) in [5.74, 6) is 0.472. The van der Waals surface area contributed by atoms with Crippen LogP contribution in [0, 0.1) is 16.0 Å². The Hall–Kier alpha value is -1.44. The van der Waals surface area contributed by atoms with E-state index < -0.39 is 11.0 Å². The van der Waals surface area contributed by atoms with Gasteiger partial charge in [0.1, 0.15) is 12.0 Å².